The zero-order chi connectivity index (χ0) is 27.2. The van der Waals surface area contributed by atoms with E-state index in [1.54, 1.807) is 0 Å². The normalized spacial score (nSPS) is 14.8. The largest absolute Gasteiger partial charge is 0.435 e. The molecule has 0 unspecified atom stereocenters. The lowest BCUT2D eigenvalue weighted by Gasteiger charge is -2.32. The molecular formula is C18F16O. The van der Waals surface area contributed by atoms with E-state index in [0.717, 1.165) is 0 Å². The average molecular weight is 536 g/mol. The van der Waals surface area contributed by atoms with Gasteiger partial charge in [0.15, 0.2) is 52.3 Å². The highest BCUT2D eigenvalue weighted by molar-refractivity contribution is 6.41. The fourth-order valence-electron chi connectivity index (χ4n) is 3.29. The van der Waals surface area contributed by atoms with Crippen LogP contribution in [0.25, 0.3) is 11.1 Å². The van der Waals surface area contributed by atoms with E-state index in [9.17, 15) is 75.0 Å². The lowest BCUT2D eigenvalue weighted by atomic mass is 9.85. The van der Waals surface area contributed by atoms with Crippen LogP contribution in [0, 0.1) is 52.4 Å². The molecule has 0 spiro atoms. The second-order valence-corrected chi connectivity index (χ2v) is 6.68. The van der Waals surface area contributed by atoms with E-state index >= 15 is 0 Å². The first kappa shape index (κ1) is 26.3. The smallest absolute Gasteiger partial charge is 0.288 e. The standard InChI is InChI=1S/C18F16O/c19-6-1-4(9(22)13(26)10(6)23)15(35)2(3-7(20)11(24)14(27)12(25)8(3)21)5(1)16(28,17(29,30)31)18(32,33)34. The van der Waals surface area contributed by atoms with Crippen LogP contribution in [0.15, 0.2) is 0 Å². The monoisotopic (exact) mass is 536 g/mol. The third kappa shape index (κ3) is 3.22. The van der Waals surface area contributed by atoms with Gasteiger partial charge in [-0.3, -0.25) is 4.79 Å². The maximum Gasteiger partial charge on any atom is 0.435 e. The van der Waals surface area contributed by atoms with E-state index in [1.165, 1.54) is 0 Å². The van der Waals surface area contributed by atoms with Gasteiger partial charge in [-0.05, 0) is 0 Å². The molecule has 2 aromatic carbocycles. The number of hydrogen-bond donors (Lipinski definition) is 0. The van der Waals surface area contributed by atoms with E-state index in [2.05, 4.69) is 0 Å². The molecule has 0 heterocycles. The number of Topliss-reactive ketones (excluding diaryl/α,β-unsaturated/α-hetero) is 1. The van der Waals surface area contributed by atoms with Crippen molar-refractivity contribution in [3.63, 3.8) is 0 Å². The predicted octanol–water partition coefficient (Wildman–Crippen LogP) is 6.88. The van der Waals surface area contributed by atoms with Gasteiger partial charge in [-0.25, -0.2) is 43.9 Å². The third-order valence-corrected chi connectivity index (χ3v) is 4.81. The van der Waals surface area contributed by atoms with Crippen molar-refractivity contribution >= 4 is 16.9 Å². The molecule has 0 aliphatic heterocycles. The zero-order valence-corrected chi connectivity index (χ0v) is 15.5. The molecule has 0 radical (unpaired) electrons. The molecule has 0 fully saturated rings. The van der Waals surface area contributed by atoms with Crippen molar-refractivity contribution in [2.45, 2.75) is 18.0 Å². The van der Waals surface area contributed by atoms with Crippen LogP contribution in [0.5, 0.6) is 0 Å². The number of fused-ring (bicyclic) bond motifs is 1. The average Bonchev–Trinajstić information content (AvgIpc) is 3.04. The van der Waals surface area contributed by atoms with Gasteiger partial charge in [-0.2, -0.15) is 26.3 Å². The Kier molecular flexibility index (Phi) is 5.73. The molecule has 35 heavy (non-hydrogen) atoms. The maximum atomic E-state index is 14.9. The summed E-state index contributed by atoms with van der Waals surface area (Å²) in [5, 5.41) is 0. The van der Waals surface area contributed by atoms with Gasteiger partial charge < -0.3 is 0 Å². The van der Waals surface area contributed by atoms with Crippen molar-refractivity contribution in [2.24, 2.45) is 0 Å². The quantitative estimate of drug-likeness (QED) is 0.233. The van der Waals surface area contributed by atoms with Crippen LogP contribution in [0.1, 0.15) is 21.5 Å². The molecule has 0 bridgehead atoms. The first-order chi connectivity index (χ1) is 15.7. The number of alkyl halides is 7. The summed E-state index contributed by atoms with van der Waals surface area (Å²) < 4.78 is 220. The minimum atomic E-state index is -7.37. The summed E-state index contributed by atoms with van der Waals surface area (Å²) in [6, 6.07) is 0. The van der Waals surface area contributed by atoms with Crippen LogP contribution in [-0.2, 0) is 0 Å². The Bertz CT molecular complexity index is 1290. The van der Waals surface area contributed by atoms with Gasteiger partial charge >= 0.3 is 18.0 Å². The maximum absolute atomic E-state index is 14.9. The molecule has 0 saturated heterocycles. The Morgan fingerprint density at radius 2 is 0.686 bits per heavy atom. The summed E-state index contributed by atoms with van der Waals surface area (Å²) >= 11 is 0. The Morgan fingerprint density at radius 1 is 0.400 bits per heavy atom. The number of ketones is 1. The molecule has 1 aliphatic carbocycles. The first-order valence-electron chi connectivity index (χ1n) is 8.23. The Balaban J connectivity index is 2.75. The molecule has 1 aliphatic rings. The number of allylic oxidation sites excluding steroid dienone is 2. The number of benzene rings is 2. The van der Waals surface area contributed by atoms with Gasteiger partial charge in [-0.1, -0.05) is 0 Å². The van der Waals surface area contributed by atoms with Crippen LogP contribution in [-0.4, -0.2) is 23.8 Å². The van der Waals surface area contributed by atoms with Crippen LogP contribution in [0.3, 0.4) is 0 Å². The van der Waals surface area contributed by atoms with Gasteiger partial charge in [0.05, 0.1) is 11.1 Å². The number of carbonyl (C=O) groups is 1. The van der Waals surface area contributed by atoms with Crippen LogP contribution < -0.4 is 0 Å². The molecule has 0 saturated carbocycles. The highest BCUT2D eigenvalue weighted by atomic mass is 19.4. The fourth-order valence-corrected chi connectivity index (χ4v) is 3.29. The van der Waals surface area contributed by atoms with Gasteiger partial charge in [0.2, 0.25) is 5.82 Å². The third-order valence-electron chi connectivity index (χ3n) is 4.81. The minimum Gasteiger partial charge on any atom is -0.288 e. The molecular weight excluding hydrogens is 536 g/mol. The van der Waals surface area contributed by atoms with E-state index in [-0.39, 0.29) is 0 Å². The van der Waals surface area contributed by atoms with Crippen LogP contribution in [0.2, 0.25) is 0 Å². The van der Waals surface area contributed by atoms with Gasteiger partial charge in [-0.15, -0.1) is 0 Å². The molecule has 17 heteroatoms. The summed E-state index contributed by atoms with van der Waals surface area (Å²) in [5.74, 6) is -31.4. The molecule has 2 aromatic rings. The number of carbonyl (C=O) groups excluding carboxylic acids is 1. The van der Waals surface area contributed by atoms with Crippen molar-refractivity contribution in [3.05, 3.63) is 69.0 Å². The van der Waals surface area contributed by atoms with E-state index in [1.807, 2.05) is 0 Å². The molecule has 0 aromatic heterocycles. The molecule has 190 valence electrons. The van der Waals surface area contributed by atoms with E-state index < -0.39 is 104 Å². The Labute approximate surface area is 180 Å². The molecule has 0 N–H and O–H groups in total. The highest BCUT2D eigenvalue weighted by Crippen LogP contribution is 2.59. The van der Waals surface area contributed by atoms with E-state index in [4.69, 9.17) is 0 Å². The molecule has 1 nitrogen and oxygen atoms in total. The molecule has 0 atom stereocenters. The van der Waals surface area contributed by atoms with Gasteiger partial charge in [0, 0.05) is 16.7 Å². The second-order valence-electron chi connectivity index (χ2n) is 6.68. The van der Waals surface area contributed by atoms with Gasteiger partial charge in [0.1, 0.15) is 0 Å². The Hall–Kier alpha value is -3.27. The highest BCUT2D eigenvalue weighted by Gasteiger charge is 2.76. The zero-order valence-electron chi connectivity index (χ0n) is 15.5. The summed E-state index contributed by atoms with van der Waals surface area (Å²) in [5.41, 5.74) is -22.4. The van der Waals surface area contributed by atoms with Crippen molar-refractivity contribution < 1.29 is 75.0 Å². The van der Waals surface area contributed by atoms with Crippen molar-refractivity contribution in [2.75, 3.05) is 0 Å². The topological polar surface area (TPSA) is 17.1 Å². The summed E-state index contributed by atoms with van der Waals surface area (Å²) in [4.78, 5) is 12.4. The van der Waals surface area contributed by atoms with Gasteiger partial charge in [0.25, 0.3) is 0 Å². The predicted molar refractivity (Wildman–Crippen MR) is 79.6 cm³/mol. The number of halogens is 16. The lowest BCUT2D eigenvalue weighted by molar-refractivity contribution is -0.317. The number of hydrogen-bond acceptors (Lipinski definition) is 1. The Morgan fingerprint density at radius 3 is 1.03 bits per heavy atom. The van der Waals surface area contributed by atoms with Crippen molar-refractivity contribution in [1.82, 2.24) is 0 Å². The van der Waals surface area contributed by atoms with E-state index in [0.29, 0.717) is 0 Å². The lowest BCUT2D eigenvalue weighted by Crippen LogP contribution is -2.54. The fraction of sp³-hybridized carbons (Fsp3) is 0.167. The molecule has 0 amide bonds. The summed E-state index contributed by atoms with van der Waals surface area (Å²) in [6.07, 6.45) is -14.7. The summed E-state index contributed by atoms with van der Waals surface area (Å²) in [7, 11) is 0. The van der Waals surface area contributed by atoms with Crippen LogP contribution in [0.4, 0.5) is 70.2 Å². The SMILES string of the molecule is O=C1C(c2c(F)c(F)c(F)c(F)c2F)=C(C(F)(C(F)(F)F)C(F)(F)F)c2c(F)c(F)c(F)c(F)c21. The number of rotatable bonds is 2. The summed E-state index contributed by atoms with van der Waals surface area (Å²) in [6.45, 7) is 0. The first-order valence-corrected chi connectivity index (χ1v) is 8.23. The second kappa shape index (κ2) is 7.61. The van der Waals surface area contributed by atoms with Crippen LogP contribution >= 0.6 is 0 Å². The molecule has 3 rings (SSSR count). The van der Waals surface area contributed by atoms with Crippen molar-refractivity contribution in [1.29, 1.82) is 0 Å². The minimum absolute atomic E-state index is 2.63. The van der Waals surface area contributed by atoms with Crippen molar-refractivity contribution in [3.8, 4) is 0 Å².